The molecule has 0 rings (SSSR count). The summed E-state index contributed by atoms with van der Waals surface area (Å²) in [6.07, 6.45) is 3.38. The van der Waals surface area contributed by atoms with Crippen LogP contribution < -0.4 is 0 Å². The van der Waals surface area contributed by atoms with Crippen LogP contribution in [0.2, 0.25) is 0 Å². The zero-order valence-corrected chi connectivity index (χ0v) is 16.6. The minimum Gasteiger partial charge on any atom is -0.378 e. The predicted molar refractivity (Wildman–Crippen MR) is 104 cm³/mol. The van der Waals surface area contributed by atoms with Crippen molar-refractivity contribution in [2.75, 3.05) is 33.0 Å². The van der Waals surface area contributed by atoms with Crippen molar-refractivity contribution in [1.29, 1.82) is 0 Å². The molecule has 0 radical (unpaired) electrons. The molecular weight excluding hydrogens is 348 g/mol. The third-order valence-corrected chi connectivity index (χ3v) is 3.99. The lowest BCUT2D eigenvalue weighted by Crippen LogP contribution is -2.31. The van der Waals surface area contributed by atoms with Crippen molar-refractivity contribution in [3.05, 3.63) is 38.0 Å². The summed E-state index contributed by atoms with van der Waals surface area (Å²) in [4.78, 5) is 34.6. The van der Waals surface area contributed by atoms with Gasteiger partial charge in [-0.05, 0) is 18.2 Å². The van der Waals surface area contributed by atoms with Crippen LogP contribution in [0.15, 0.2) is 38.0 Å². The van der Waals surface area contributed by atoms with Gasteiger partial charge in [0.1, 0.15) is 6.10 Å². The van der Waals surface area contributed by atoms with E-state index in [0.29, 0.717) is 0 Å². The number of rotatable bonds is 17. The Hall–Kier alpha value is -1.89. The molecule has 0 aromatic carbocycles. The second kappa shape index (κ2) is 14.2. The first-order valence-electron chi connectivity index (χ1n) is 9.02. The summed E-state index contributed by atoms with van der Waals surface area (Å²) in [7, 11) is 0. The minimum absolute atomic E-state index is 0.0920. The van der Waals surface area contributed by atoms with Crippen molar-refractivity contribution in [2.24, 2.45) is 17.8 Å². The summed E-state index contributed by atoms with van der Waals surface area (Å²) in [5.74, 6) is -1.21. The maximum absolute atomic E-state index is 11.6. The summed E-state index contributed by atoms with van der Waals surface area (Å²) in [6.45, 7) is 16.7. The first kappa shape index (κ1) is 25.1. The van der Waals surface area contributed by atoms with E-state index in [2.05, 4.69) is 19.7 Å². The molecule has 0 bridgehead atoms. The molecule has 0 amide bonds. The van der Waals surface area contributed by atoms with E-state index in [9.17, 15) is 14.4 Å². The van der Waals surface area contributed by atoms with E-state index in [0.717, 1.165) is 0 Å². The van der Waals surface area contributed by atoms with Gasteiger partial charge in [0, 0.05) is 17.8 Å². The molecule has 0 saturated carbocycles. The lowest BCUT2D eigenvalue weighted by molar-refractivity contribution is -0.126. The molecule has 0 aliphatic carbocycles. The highest BCUT2D eigenvalue weighted by atomic mass is 16.6. The normalized spacial score (nSPS) is 15.2. The molecule has 0 heterocycles. The van der Waals surface area contributed by atoms with E-state index in [1.54, 1.807) is 20.8 Å². The fourth-order valence-electron chi connectivity index (χ4n) is 2.03. The van der Waals surface area contributed by atoms with Gasteiger partial charge in [0.2, 0.25) is 0 Å². The van der Waals surface area contributed by atoms with E-state index >= 15 is 0 Å². The van der Waals surface area contributed by atoms with Gasteiger partial charge >= 0.3 is 0 Å². The molecule has 27 heavy (non-hydrogen) atoms. The molecule has 0 aliphatic rings. The Kier molecular flexibility index (Phi) is 13.2. The molecule has 0 spiro atoms. The fourth-order valence-corrected chi connectivity index (χ4v) is 2.03. The van der Waals surface area contributed by atoms with Gasteiger partial charge in [-0.2, -0.15) is 0 Å². The second-order valence-electron chi connectivity index (χ2n) is 6.55. The lowest BCUT2D eigenvalue weighted by Gasteiger charge is -2.21. The van der Waals surface area contributed by atoms with Crippen LogP contribution in [0.3, 0.4) is 0 Å². The molecule has 3 unspecified atom stereocenters. The topological polar surface area (TPSA) is 78.9 Å². The number of carbonyl (C=O) groups is 3. The van der Waals surface area contributed by atoms with E-state index in [1.165, 1.54) is 18.2 Å². The van der Waals surface area contributed by atoms with Crippen LogP contribution in [0.25, 0.3) is 0 Å². The Bertz CT molecular complexity index is 493. The Morgan fingerprint density at radius 3 is 1.33 bits per heavy atom. The molecule has 0 N–H and O–H groups in total. The number of allylic oxidation sites excluding steroid dienone is 3. The van der Waals surface area contributed by atoms with Gasteiger partial charge in [-0.1, -0.05) is 40.5 Å². The van der Waals surface area contributed by atoms with Gasteiger partial charge in [-0.25, -0.2) is 0 Å². The van der Waals surface area contributed by atoms with Gasteiger partial charge in [0.05, 0.1) is 33.0 Å². The van der Waals surface area contributed by atoms with Crippen LogP contribution in [0, 0.1) is 17.8 Å². The average Bonchev–Trinajstić information content (AvgIpc) is 2.68. The maximum atomic E-state index is 11.6. The van der Waals surface area contributed by atoms with E-state index in [1.807, 2.05) is 0 Å². The van der Waals surface area contributed by atoms with E-state index in [-0.39, 0.29) is 68.1 Å². The Morgan fingerprint density at radius 1 is 0.667 bits per heavy atom. The van der Waals surface area contributed by atoms with Crippen LogP contribution in [0.4, 0.5) is 0 Å². The molecule has 0 aromatic rings. The monoisotopic (exact) mass is 380 g/mol. The van der Waals surface area contributed by atoms with Crippen LogP contribution in [-0.4, -0.2) is 56.5 Å². The summed E-state index contributed by atoms with van der Waals surface area (Å²) in [6, 6.07) is 0. The zero-order chi connectivity index (χ0) is 20.8. The van der Waals surface area contributed by atoms with Crippen molar-refractivity contribution >= 4 is 17.3 Å². The largest absolute Gasteiger partial charge is 0.378 e. The van der Waals surface area contributed by atoms with Gasteiger partial charge in [-0.3, -0.25) is 14.4 Å². The number of ether oxygens (including phenoxy) is 3. The molecule has 0 saturated heterocycles. The molecule has 3 atom stereocenters. The molecule has 152 valence electrons. The first-order valence-corrected chi connectivity index (χ1v) is 9.02. The molecule has 0 aromatic heterocycles. The Labute approximate surface area is 162 Å². The number of hydrogen-bond acceptors (Lipinski definition) is 6. The third kappa shape index (κ3) is 10.8. The highest BCUT2D eigenvalue weighted by Gasteiger charge is 2.18. The first-order chi connectivity index (χ1) is 12.8. The number of hydrogen-bond donors (Lipinski definition) is 0. The highest BCUT2D eigenvalue weighted by Crippen LogP contribution is 2.07. The smallest absolute Gasteiger partial charge is 0.160 e. The Balaban J connectivity index is 4.55. The Morgan fingerprint density at radius 2 is 1.00 bits per heavy atom. The van der Waals surface area contributed by atoms with Gasteiger partial charge in [0.15, 0.2) is 17.3 Å². The van der Waals surface area contributed by atoms with Crippen LogP contribution >= 0.6 is 0 Å². The molecular formula is C21H32O6. The van der Waals surface area contributed by atoms with E-state index < -0.39 is 6.10 Å². The van der Waals surface area contributed by atoms with Crippen molar-refractivity contribution in [2.45, 2.75) is 26.9 Å². The van der Waals surface area contributed by atoms with Crippen molar-refractivity contribution in [1.82, 2.24) is 0 Å². The molecule has 0 fully saturated rings. The molecule has 6 nitrogen and oxygen atoms in total. The molecule has 0 aliphatic heterocycles. The number of carbonyl (C=O) groups excluding carboxylic acids is 3. The van der Waals surface area contributed by atoms with Gasteiger partial charge in [0.25, 0.3) is 0 Å². The highest BCUT2D eigenvalue weighted by molar-refractivity contribution is 5.91. The second-order valence-corrected chi connectivity index (χ2v) is 6.55. The van der Waals surface area contributed by atoms with Crippen LogP contribution in [-0.2, 0) is 28.6 Å². The van der Waals surface area contributed by atoms with Crippen molar-refractivity contribution in [3.63, 3.8) is 0 Å². The van der Waals surface area contributed by atoms with Gasteiger partial charge in [-0.15, -0.1) is 0 Å². The standard InChI is InChI=1S/C21H32O6/c1-7-19(22)15(4)10-25-13-18(27-12-17(6)21(24)9-3)14-26-11-16(5)20(23)8-2/h7-9,15-18H,1-3,10-14H2,4-6H3. The number of ketones is 3. The lowest BCUT2D eigenvalue weighted by atomic mass is 10.1. The quantitative estimate of drug-likeness (QED) is 0.361. The summed E-state index contributed by atoms with van der Waals surface area (Å²) in [5.41, 5.74) is 0. The summed E-state index contributed by atoms with van der Waals surface area (Å²) in [5, 5.41) is 0. The van der Waals surface area contributed by atoms with Crippen LogP contribution in [0.1, 0.15) is 20.8 Å². The predicted octanol–water partition coefficient (Wildman–Crippen LogP) is 2.58. The summed E-state index contributed by atoms with van der Waals surface area (Å²) >= 11 is 0. The average molecular weight is 380 g/mol. The fraction of sp³-hybridized carbons (Fsp3) is 0.571. The summed E-state index contributed by atoms with van der Waals surface area (Å²) < 4.78 is 16.9. The van der Waals surface area contributed by atoms with Crippen molar-refractivity contribution < 1.29 is 28.6 Å². The van der Waals surface area contributed by atoms with E-state index in [4.69, 9.17) is 14.2 Å². The maximum Gasteiger partial charge on any atom is 0.160 e. The zero-order valence-electron chi connectivity index (χ0n) is 16.6. The minimum atomic E-state index is -0.429. The van der Waals surface area contributed by atoms with Crippen molar-refractivity contribution in [3.8, 4) is 0 Å². The van der Waals surface area contributed by atoms with Gasteiger partial charge < -0.3 is 14.2 Å². The SMILES string of the molecule is C=CC(=O)C(C)COCC(COCC(C)C(=O)C=C)OCC(C)C(=O)C=C. The third-order valence-electron chi connectivity index (χ3n) is 3.99. The molecule has 6 heteroatoms. The van der Waals surface area contributed by atoms with Crippen LogP contribution in [0.5, 0.6) is 0 Å².